The Labute approximate surface area is 105 Å². The van der Waals surface area contributed by atoms with Crippen molar-refractivity contribution < 1.29 is 14.6 Å². The molecule has 1 aromatic carbocycles. The minimum Gasteiger partial charge on any atom is -0.478 e. The first-order valence-electron chi connectivity index (χ1n) is 5.51. The van der Waals surface area contributed by atoms with Gasteiger partial charge >= 0.3 is 5.97 Å². The van der Waals surface area contributed by atoms with Crippen molar-refractivity contribution in [3.63, 3.8) is 0 Å². The second kappa shape index (κ2) is 4.87. The molecule has 0 unspecified atom stereocenters. The van der Waals surface area contributed by atoms with E-state index >= 15 is 0 Å². The molecule has 0 aliphatic heterocycles. The number of aromatic carboxylic acids is 1. The topological polar surface area (TPSA) is 59.4 Å². The maximum absolute atomic E-state index is 11.1. The summed E-state index contributed by atoms with van der Waals surface area (Å²) in [4.78, 5) is 15.2. The molecule has 1 aromatic heterocycles. The SMILES string of the molecule is Cc1ccc(Oc2c(C)cccc2C(=O)O)nc1. The first kappa shape index (κ1) is 12.1. The molecule has 0 saturated carbocycles. The van der Waals surface area contributed by atoms with Gasteiger partial charge < -0.3 is 9.84 Å². The van der Waals surface area contributed by atoms with E-state index in [-0.39, 0.29) is 5.56 Å². The zero-order valence-electron chi connectivity index (χ0n) is 10.2. The van der Waals surface area contributed by atoms with Crippen molar-refractivity contribution >= 4 is 5.97 Å². The van der Waals surface area contributed by atoms with E-state index in [0.29, 0.717) is 11.6 Å². The predicted octanol–water partition coefficient (Wildman–Crippen LogP) is 3.19. The fourth-order valence-corrected chi connectivity index (χ4v) is 1.58. The molecule has 4 heteroatoms. The number of pyridine rings is 1. The molecule has 0 bridgehead atoms. The zero-order valence-corrected chi connectivity index (χ0v) is 10.2. The average molecular weight is 243 g/mol. The molecule has 0 spiro atoms. The van der Waals surface area contributed by atoms with Crippen molar-refractivity contribution in [2.45, 2.75) is 13.8 Å². The minimum atomic E-state index is -1.01. The lowest BCUT2D eigenvalue weighted by Gasteiger charge is -2.10. The Kier molecular flexibility index (Phi) is 3.28. The highest BCUT2D eigenvalue weighted by molar-refractivity contribution is 5.91. The van der Waals surface area contributed by atoms with E-state index in [4.69, 9.17) is 9.84 Å². The van der Waals surface area contributed by atoms with Gasteiger partial charge in [-0.1, -0.05) is 18.2 Å². The average Bonchev–Trinajstić information content (AvgIpc) is 2.34. The van der Waals surface area contributed by atoms with Crippen LogP contribution in [0.1, 0.15) is 21.5 Å². The molecule has 0 fully saturated rings. The summed E-state index contributed by atoms with van der Waals surface area (Å²) in [7, 11) is 0. The molecular formula is C14H13NO3. The van der Waals surface area contributed by atoms with Gasteiger partial charge in [0.1, 0.15) is 11.3 Å². The molecule has 0 saturated heterocycles. The lowest BCUT2D eigenvalue weighted by atomic mass is 10.1. The highest BCUT2D eigenvalue weighted by Crippen LogP contribution is 2.27. The van der Waals surface area contributed by atoms with Gasteiger partial charge in [0.2, 0.25) is 5.88 Å². The summed E-state index contributed by atoms with van der Waals surface area (Å²) in [6.45, 7) is 3.73. The van der Waals surface area contributed by atoms with E-state index in [2.05, 4.69) is 4.98 Å². The fourth-order valence-electron chi connectivity index (χ4n) is 1.58. The van der Waals surface area contributed by atoms with Crippen molar-refractivity contribution in [2.24, 2.45) is 0 Å². The standard InChI is InChI=1S/C14H13NO3/c1-9-6-7-12(15-8-9)18-13-10(2)4-3-5-11(13)14(16)17/h3-8H,1-2H3,(H,16,17). The molecule has 0 radical (unpaired) electrons. The van der Waals surface area contributed by atoms with Crippen LogP contribution in [-0.4, -0.2) is 16.1 Å². The molecule has 1 heterocycles. The highest BCUT2D eigenvalue weighted by atomic mass is 16.5. The van der Waals surface area contributed by atoms with Crippen molar-refractivity contribution in [1.82, 2.24) is 4.98 Å². The van der Waals surface area contributed by atoms with Crippen LogP contribution in [0.4, 0.5) is 0 Å². The molecule has 92 valence electrons. The van der Waals surface area contributed by atoms with Gasteiger partial charge in [-0.25, -0.2) is 9.78 Å². The molecular weight excluding hydrogens is 230 g/mol. The van der Waals surface area contributed by atoms with Gasteiger partial charge in [-0.15, -0.1) is 0 Å². The van der Waals surface area contributed by atoms with Gasteiger partial charge in [-0.3, -0.25) is 0 Å². The monoisotopic (exact) mass is 243 g/mol. The summed E-state index contributed by atoms with van der Waals surface area (Å²) in [5.41, 5.74) is 1.92. The first-order chi connectivity index (χ1) is 8.58. The molecule has 0 aliphatic carbocycles. The Bertz CT molecular complexity index is 576. The Morgan fingerprint density at radius 3 is 2.61 bits per heavy atom. The Morgan fingerprint density at radius 2 is 2.00 bits per heavy atom. The lowest BCUT2D eigenvalue weighted by Crippen LogP contribution is -2.02. The lowest BCUT2D eigenvalue weighted by molar-refractivity contribution is 0.0694. The van der Waals surface area contributed by atoms with Crippen molar-refractivity contribution in [3.05, 3.63) is 53.2 Å². The van der Waals surface area contributed by atoms with Crippen LogP contribution in [0, 0.1) is 13.8 Å². The van der Waals surface area contributed by atoms with Crippen LogP contribution >= 0.6 is 0 Å². The van der Waals surface area contributed by atoms with Crippen LogP contribution in [0.5, 0.6) is 11.6 Å². The molecule has 4 nitrogen and oxygen atoms in total. The summed E-state index contributed by atoms with van der Waals surface area (Å²) in [5.74, 6) is -0.292. The van der Waals surface area contributed by atoms with Gasteiger partial charge in [0.15, 0.2) is 0 Å². The summed E-state index contributed by atoms with van der Waals surface area (Å²) in [6.07, 6.45) is 1.67. The van der Waals surface area contributed by atoms with Crippen LogP contribution in [0.25, 0.3) is 0 Å². The number of hydrogen-bond donors (Lipinski definition) is 1. The van der Waals surface area contributed by atoms with Crippen LogP contribution in [0.2, 0.25) is 0 Å². The normalized spacial score (nSPS) is 10.1. The number of nitrogens with zero attached hydrogens (tertiary/aromatic N) is 1. The van der Waals surface area contributed by atoms with Crippen LogP contribution in [-0.2, 0) is 0 Å². The molecule has 2 aromatic rings. The van der Waals surface area contributed by atoms with Gasteiger partial charge in [-0.05, 0) is 31.0 Å². The number of para-hydroxylation sites is 1. The number of rotatable bonds is 3. The smallest absolute Gasteiger partial charge is 0.339 e. The van der Waals surface area contributed by atoms with Gasteiger partial charge in [0.25, 0.3) is 0 Å². The third kappa shape index (κ3) is 2.48. The Balaban J connectivity index is 2.39. The van der Waals surface area contributed by atoms with Crippen molar-refractivity contribution in [3.8, 4) is 11.6 Å². The largest absolute Gasteiger partial charge is 0.478 e. The Hall–Kier alpha value is -2.36. The molecule has 0 aliphatic rings. The van der Waals surface area contributed by atoms with Gasteiger partial charge in [0, 0.05) is 12.3 Å². The second-order valence-electron chi connectivity index (χ2n) is 4.03. The third-order valence-corrected chi connectivity index (χ3v) is 2.53. The first-order valence-corrected chi connectivity index (χ1v) is 5.51. The molecule has 0 atom stereocenters. The maximum Gasteiger partial charge on any atom is 0.339 e. The number of ether oxygens (including phenoxy) is 1. The van der Waals surface area contributed by atoms with E-state index in [1.807, 2.05) is 13.0 Å². The van der Waals surface area contributed by atoms with Crippen molar-refractivity contribution in [2.75, 3.05) is 0 Å². The minimum absolute atomic E-state index is 0.136. The molecule has 2 rings (SSSR count). The van der Waals surface area contributed by atoms with E-state index in [9.17, 15) is 4.79 Å². The Morgan fingerprint density at radius 1 is 1.22 bits per heavy atom. The molecule has 1 N–H and O–H groups in total. The van der Waals surface area contributed by atoms with Gasteiger partial charge in [-0.2, -0.15) is 0 Å². The predicted molar refractivity (Wildman–Crippen MR) is 67.2 cm³/mol. The molecule has 0 amide bonds. The number of aromatic nitrogens is 1. The fraction of sp³-hybridized carbons (Fsp3) is 0.143. The van der Waals surface area contributed by atoms with Crippen LogP contribution < -0.4 is 4.74 Å². The number of benzene rings is 1. The zero-order chi connectivity index (χ0) is 13.1. The summed E-state index contributed by atoms with van der Waals surface area (Å²) < 4.78 is 5.56. The number of carboxylic acid groups (broad SMARTS) is 1. The summed E-state index contributed by atoms with van der Waals surface area (Å²) in [6, 6.07) is 8.58. The summed E-state index contributed by atoms with van der Waals surface area (Å²) >= 11 is 0. The highest BCUT2D eigenvalue weighted by Gasteiger charge is 2.14. The third-order valence-electron chi connectivity index (χ3n) is 2.53. The van der Waals surface area contributed by atoms with E-state index in [1.165, 1.54) is 6.07 Å². The van der Waals surface area contributed by atoms with Gasteiger partial charge in [0.05, 0.1) is 0 Å². The van der Waals surface area contributed by atoms with E-state index in [1.54, 1.807) is 31.3 Å². The van der Waals surface area contributed by atoms with Crippen molar-refractivity contribution in [1.29, 1.82) is 0 Å². The van der Waals surface area contributed by atoms with E-state index in [0.717, 1.165) is 11.1 Å². The quantitative estimate of drug-likeness (QED) is 0.899. The second-order valence-corrected chi connectivity index (χ2v) is 4.03. The number of hydrogen-bond acceptors (Lipinski definition) is 3. The molecule has 18 heavy (non-hydrogen) atoms. The number of aryl methyl sites for hydroxylation is 2. The summed E-state index contributed by atoms with van der Waals surface area (Å²) in [5, 5.41) is 9.11. The van der Waals surface area contributed by atoms with Crippen LogP contribution in [0.3, 0.4) is 0 Å². The maximum atomic E-state index is 11.1. The van der Waals surface area contributed by atoms with Crippen LogP contribution in [0.15, 0.2) is 36.5 Å². The number of carbonyl (C=O) groups is 1. The number of carboxylic acids is 1. The van der Waals surface area contributed by atoms with E-state index < -0.39 is 5.97 Å².